The molecule has 2 amide bonds. The van der Waals surface area contributed by atoms with Crippen LogP contribution in [0.5, 0.6) is 0 Å². The van der Waals surface area contributed by atoms with Crippen LogP contribution in [-0.4, -0.2) is 36.4 Å². The number of aryl methyl sites for hydroxylation is 2. The summed E-state index contributed by atoms with van der Waals surface area (Å²) in [5, 5.41) is 16.0. The number of carbonyl (C=O) groups excluding carboxylic acids is 2. The highest BCUT2D eigenvalue weighted by Gasteiger charge is 2.19. The fourth-order valence-corrected chi connectivity index (χ4v) is 3.85. The Bertz CT molecular complexity index is 951. The van der Waals surface area contributed by atoms with Crippen LogP contribution in [0, 0.1) is 17.0 Å². The molecule has 1 fully saturated rings. The molecule has 0 saturated carbocycles. The lowest BCUT2D eigenvalue weighted by atomic mass is 10.1. The Labute approximate surface area is 188 Å². The lowest BCUT2D eigenvalue weighted by molar-refractivity contribution is -0.384. The second-order valence-electron chi connectivity index (χ2n) is 8.16. The molecule has 2 aromatic carbocycles. The number of carbonyl (C=O) groups is 2. The molecule has 3 rings (SSSR count). The Morgan fingerprint density at radius 1 is 1.00 bits per heavy atom. The summed E-state index contributed by atoms with van der Waals surface area (Å²) >= 11 is 0. The first-order valence-corrected chi connectivity index (χ1v) is 11.1. The number of rotatable bonds is 7. The van der Waals surface area contributed by atoms with Gasteiger partial charge in [-0.05, 0) is 61.9 Å². The summed E-state index contributed by atoms with van der Waals surface area (Å²) in [6.07, 6.45) is 6.57. The monoisotopic (exact) mass is 438 g/mol. The number of anilines is 2. The zero-order valence-electron chi connectivity index (χ0n) is 18.4. The first-order chi connectivity index (χ1) is 15.4. The molecule has 1 heterocycles. The van der Waals surface area contributed by atoms with Crippen molar-refractivity contribution in [3.63, 3.8) is 0 Å². The molecule has 1 aliphatic rings. The summed E-state index contributed by atoms with van der Waals surface area (Å²) in [7, 11) is 0. The average molecular weight is 439 g/mol. The van der Waals surface area contributed by atoms with Crippen LogP contribution in [0.2, 0.25) is 0 Å². The summed E-state index contributed by atoms with van der Waals surface area (Å²) in [5.74, 6) is -1.73. The van der Waals surface area contributed by atoms with Crippen molar-refractivity contribution in [2.45, 2.75) is 45.4 Å². The highest BCUT2D eigenvalue weighted by molar-refractivity contribution is 6.39. The van der Waals surface area contributed by atoms with Crippen LogP contribution < -0.4 is 15.5 Å². The molecule has 0 aliphatic carbocycles. The number of nitrogens with one attached hydrogen (secondary N) is 2. The van der Waals surface area contributed by atoms with E-state index in [1.165, 1.54) is 49.1 Å². The molecular weight excluding hydrogens is 408 g/mol. The largest absolute Gasteiger partial charge is 0.372 e. The predicted octanol–water partition coefficient (Wildman–Crippen LogP) is 3.97. The molecule has 0 aromatic heterocycles. The summed E-state index contributed by atoms with van der Waals surface area (Å²) in [4.78, 5) is 37.2. The summed E-state index contributed by atoms with van der Waals surface area (Å²) in [6.45, 7) is 4.28. The molecule has 2 N–H and O–H groups in total. The van der Waals surface area contributed by atoms with Gasteiger partial charge in [-0.15, -0.1) is 0 Å². The minimum Gasteiger partial charge on any atom is -0.372 e. The van der Waals surface area contributed by atoms with E-state index in [2.05, 4.69) is 39.8 Å². The average Bonchev–Trinajstić information content (AvgIpc) is 3.07. The van der Waals surface area contributed by atoms with Crippen LogP contribution >= 0.6 is 0 Å². The zero-order valence-corrected chi connectivity index (χ0v) is 18.4. The van der Waals surface area contributed by atoms with E-state index in [1.54, 1.807) is 13.0 Å². The third kappa shape index (κ3) is 6.54. The molecule has 32 heavy (non-hydrogen) atoms. The SMILES string of the molecule is Cc1ccc(NC(=O)C(=O)NCCCc2ccc(N3CCCCCC3)cc2)c([N+](=O)[O-])c1. The highest BCUT2D eigenvalue weighted by Crippen LogP contribution is 2.25. The maximum Gasteiger partial charge on any atom is 0.313 e. The van der Waals surface area contributed by atoms with Crippen molar-refractivity contribution in [3.8, 4) is 0 Å². The maximum absolute atomic E-state index is 12.1. The normalized spacial score (nSPS) is 13.8. The molecular formula is C24H30N4O4. The van der Waals surface area contributed by atoms with E-state index in [0.29, 0.717) is 18.5 Å². The van der Waals surface area contributed by atoms with E-state index in [0.717, 1.165) is 19.5 Å². The molecule has 170 valence electrons. The van der Waals surface area contributed by atoms with Gasteiger partial charge in [0.05, 0.1) is 4.92 Å². The van der Waals surface area contributed by atoms with Crippen molar-refractivity contribution >= 4 is 28.9 Å². The summed E-state index contributed by atoms with van der Waals surface area (Å²) < 4.78 is 0. The minimum absolute atomic E-state index is 0.00486. The highest BCUT2D eigenvalue weighted by atomic mass is 16.6. The standard InChI is InChI=1S/C24H30N4O4/c1-18-8-13-21(22(17-18)28(31)32)26-24(30)23(29)25-14-6-7-19-9-11-20(12-10-19)27-15-4-2-3-5-16-27/h8-13,17H,2-7,14-16H2,1H3,(H,25,29)(H,26,30). The molecule has 0 bridgehead atoms. The lowest BCUT2D eigenvalue weighted by Gasteiger charge is -2.22. The van der Waals surface area contributed by atoms with Crippen LogP contribution in [0.4, 0.5) is 17.1 Å². The number of amides is 2. The molecule has 8 nitrogen and oxygen atoms in total. The number of nitro benzene ring substituents is 1. The van der Waals surface area contributed by atoms with Gasteiger partial charge in [0, 0.05) is 31.4 Å². The van der Waals surface area contributed by atoms with Crippen LogP contribution in [-0.2, 0) is 16.0 Å². The number of hydrogen-bond acceptors (Lipinski definition) is 5. The first kappa shape index (κ1) is 23.2. The van der Waals surface area contributed by atoms with Crippen molar-refractivity contribution in [2.24, 2.45) is 0 Å². The maximum atomic E-state index is 12.1. The van der Waals surface area contributed by atoms with Crippen molar-refractivity contribution in [2.75, 3.05) is 29.9 Å². The van der Waals surface area contributed by atoms with E-state index in [1.807, 2.05) is 0 Å². The van der Waals surface area contributed by atoms with Crippen LogP contribution in [0.15, 0.2) is 42.5 Å². The molecule has 0 unspecified atom stereocenters. The van der Waals surface area contributed by atoms with Crippen molar-refractivity contribution < 1.29 is 14.5 Å². The fourth-order valence-electron chi connectivity index (χ4n) is 3.85. The quantitative estimate of drug-likeness (QED) is 0.295. The van der Waals surface area contributed by atoms with Gasteiger partial charge in [-0.2, -0.15) is 0 Å². The minimum atomic E-state index is -0.918. The number of nitrogens with zero attached hydrogens (tertiary/aromatic N) is 2. The van der Waals surface area contributed by atoms with Crippen LogP contribution in [0.25, 0.3) is 0 Å². The van der Waals surface area contributed by atoms with Gasteiger partial charge in [-0.25, -0.2) is 0 Å². The number of nitro groups is 1. The molecule has 1 aliphatic heterocycles. The molecule has 0 spiro atoms. The van der Waals surface area contributed by atoms with Gasteiger partial charge in [0.1, 0.15) is 5.69 Å². The second kappa shape index (κ2) is 11.3. The van der Waals surface area contributed by atoms with Crippen molar-refractivity contribution in [3.05, 3.63) is 63.7 Å². The van der Waals surface area contributed by atoms with Gasteiger partial charge in [0.25, 0.3) is 5.69 Å². The first-order valence-electron chi connectivity index (χ1n) is 11.1. The topological polar surface area (TPSA) is 105 Å². The van der Waals surface area contributed by atoms with Gasteiger partial charge < -0.3 is 15.5 Å². The number of hydrogen-bond donors (Lipinski definition) is 2. The molecule has 0 atom stereocenters. The summed E-state index contributed by atoms with van der Waals surface area (Å²) in [5.41, 5.74) is 2.89. The van der Waals surface area contributed by atoms with Gasteiger partial charge in [-0.3, -0.25) is 19.7 Å². The van der Waals surface area contributed by atoms with Gasteiger partial charge in [-0.1, -0.05) is 31.0 Å². The Morgan fingerprint density at radius 3 is 2.34 bits per heavy atom. The third-order valence-corrected chi connectivity index (χ3v) is 5.64. The van der Waals surface area contributed by atoms with Crippen molar-refractivity contribution in [1.82, 2.24) is 5.32 Å². The summed E-state index contributed by atoms with van der Waals surface area (Å²) in [6, 6.07) is 13.0. The number of benzene rings is 2. The Morgan fingerprint density at radius 2 is 1.69 bits per heavy atom. The van der Waals surface area contributed by atoms with E-state index < -0.39 is 16.7 Å². The van der Waals surface area contributed by atoms with E-state index >= 15 is 0 Å². The van der Waals surface area contributed by atoms with E-state index in [-0.39, 0.29) is 11.4 Å². The van der Waals surface area contributed by atoms with E-state index in [4.69, 9.17) is 0 Å². The second-order valence-corrected chi connectivity index (χ2v) is 8.16. The smallest absolute Gasteiger partial charge is 0.313 e. The lowest BCUT2D eigenvalue weighted by Crippen LogP contribution is -2.36. The van der Waals surface area contributed by atoms with Gasteiger partial charge in [0.2, 0.25) is 0 Å². The molecule has 1 saturated heterocycles. The van der Waals surface area contributed by atoms with Crippen molar-refractivity contribution in [1.29, 1.82) is 0 Å². The Balaban J connectivity index is 1.43. The Kier molecular flexibility index (Phi) is 8.19. The predicted molar refractivity (Wildman–Crippen MR) is 125 cm³/mol. The van der Waals surface area contributed by atoms with Crippen LogP contribution in [0.1, 0.15) is 43.2 Å². The molecule has 0 radical (unpaired) electrons. The fraction of sp³-hybridized carbons (Fsp3) is 0.417. The Hall–Kier alpha value is -3.42. The van der Waals surface area contributed by atoms with Crippen LogP contribution in [0.3, 0.4) is 0 Å². The molecule has 8 heteroatoms. The zero-order chi connectivity index (χ0) is 22.9. The van der Waals surface area contributed by atoms with E-state index in [9.17, 15) is 19.7 Å². The van der Waals surface area contributed by atoms with Gasteiger partial charge >= 0.3 is 11.8 Å². The molecule has 2 aromatic rings. The third-order valence-electron chi connectivity index (χ3n) is 5.64. The van der Waals surface area contributed by atoms with Gasteiger partial charge in [0.15, 0.2) is 0 Å².